The van der Waals surface area contributed by atoms with E-state index in [4.69, 9.17) is 5.11 Å². The Morgan fingerprint density at radius 2 is 2.04 bits per heavy atom. The molecule has 1 rings (SSSR count). The van der Waals surface area contributed by atoms with Crippen LogP contribution in [0.5, 0.6) is 0 Å². The summed E-state index contributed by atoms with van der Waals surface area (Å²) in [5, 5.41) is 28.7. The lowest BCUT2D eigenvalue weighted by Gasteiger charge is -2.16. The van der Waals surface area contributed by atoms with Crippen LogP contribution in [-0.4, -0.2) is 39.3 Å². The maximum atomic E-state index is 12.1. The van der Waals surface area contributed by atoms with Gasteiger partial charge in [0, 0.05) is 24.7 Å². The fourth-order valence-electron chi connectivity index (χ4n) is 3.22. The van der Waals surface area contributed by atoms with Gasteiger partial charge in [-0.1, -0.05) is 50.5 Å². The van der Waals surface area contributed by atoms with Gasteiger partial charge in [-0.05, 0) is 25.7 Å². The zero-order valence-electron chi connectivity index (χ0n) is 15.1. The average Bonchev–Trinajstić information content (AvgIpc) is 2.82. The molecule has 4 atom stereocenters. The van der Waals surface area contributed by atoms with Gasteiger partial charge in [-0.3, -0.25) is 9.59 Å². The summed E-state index contributed by atoms with van der Waals surface area (Å²) in [6.45, 7) is 2.11. The Bertz CT molecular complexity index is 469. The number of carboxylic acid groups (broad SMARTS) is 1. The predicted octanol–water partition coefficient (Wildman–Crippen LogP) is 3.25. The first-order valence-electron chi connectivity index (χ1n) is 9.39. The molecule has 5 nitrogen and oxygen atoms in total. The molecule has 1 saturated carbocycles. The van der Waals surface area contributed by atoms with Crippen LogP contribution < -0.4 is 0 Å². The van der Waals surface area contributed by atoms with Crippen LogP contribution >= 0.6 is 0 Å². The molecule has 0 radical (unpaired) electrons. The van der Waals surface area contributed by atoms with E-state index in [-0.39, 0.29) is 30.5 Å². The molecule has 0 aromatic heterocycles. The molecule has 1 fully saturated rings. The Morgan fingerprint density at radius 3 is 2.72 bits per heavy atom. The van der Waals surface area contributed by atoms with Crippen molar-refractivity contribution in [1.29, 1.82) is 0 Å². The minimum absolute atomic E-state index is 0.0535. The Balaban J connectivity index is 2.48. The van der Waals surface area contributed by atoms with Gasteiger partial charge in [-0.15, -0.1) is 0 Å². The van der Waals surface area contributed by atoms with Crippen LogP contribution in [-0.2, 0) is 9.59 Å². The number of carbonyl (C=O) groups excluding carboxylic acids is 1. The summed E-state index contributed by atoms with van der Waals surface area (Å²) < 4.78 is 0. The van der Waals surface area contributed by atoms with Crippen molar-refractivity contribution in [3.63, 3.8) is 0 Å². The molecule has 1 aliphatic carbocycles. The van der Waals surface area contributed by atoms with E-state index in [1.165, 1.54) is 0 Å². The number of allylic oxidation sites excluding steroid dienone is 2. The molecule has 1 aliphatic rings. The highest BCUT2D eigenvalue weighted by Crippen LogP contribution is 2.33. The van der Waals surface area contributed by atoms with Crippen molar-refractivity contribution in [2.45, 2.75) is 76.9 Å². The fraction of sp³-hybridized carbons (Fsp3) is 0.700. The number of hydrogen-bond acceptors (Lipinski definition) is 4. The minimum Gasteiger partial charge on any atom is -0.481 e. The highest BCUT2D eigenvalue weighted by atomic mass is 16.4. The maximum absolute atomic E-state index is 12.1. The van der Waals surface area contributed by atoms with Crippen molar-refractivity contribution in [1.82, 2.24) is 0 Å². The van der Waals surface area contributed by atoms with Crippen molar-refractivity contribution < 1.29 is 24.9 Å². The number of Topliss-reactive ketones (excluding diaryl/α,β-unsaturated/α-hetero) is 1. The topological polar surface area (TPSA) is 94.8 Å². The number of hydrogen-bond donors (Lipinski definition) is 3. The highest BCUT2D eigenvalue weighted by Gasteiger charge is 2.39. The standard InChI is InChI=1S/C20H32O5/c1-2-3-6-9-15(21)12-13-17-16(18(22)14-19(17)23)10-7-4-5-8-11-20(24)25/h4,7,12-13,15-17,19,21,23H,2-3,5-6,8-11,14H2,1H3,(H,24,25)/b7-4-,13-12+/t15?,16?,17?,19-/m1/s1. The SMILES string of the molecule is CCCCCC(O)/C=C/C1C(C/C=C\CCCC(=O)O)C(=O)C[C@H]1O. The molecule has 142 valence electrons. The van der Waals surface area contributed by atoms with Crippen molar-refractivity contribution in [2.24, 2.45) is 11.8 Å². The normalized spacial score (nSPS) is 25.2. The zero-order chi connectivity index (χ0) is 18.7. The third kappa shape index (κ3) is 8.45. The number of carbonyl (C=O) groups is 2. The highest BCUT2D eigenvalue weighted by molar-refractivity contribution is 5.84. The van der Waals surface area contributed by atoms with Crippen molar-refractivity contribution in [3.05, 3.63) is 24.3 Å². The van der Waals surface area contributed by atoms with Crippen LogP contribution in [0.15, 0.2) is 24.3 Å². The quantitative estimate of drug-likeness (QED) is 0.370. The second-order valence-corrected chi connectivity index (χ2v) is 6.86. The average molecular weight is 352 g/mol. The summed E-state index contributed by atoms with van der Waals surface area (Å²) in [7, 11) is 0. The van der Waals surface area contributed by atoms with Gasteiger partial charge in [0.1, 0.15) is 5.78 Å². The molecule has 0 aromatic carbocycles. The number of carboxylic acids is 1. The van der Waals surface area contributed by atoms with Gasteiger partial charge in [-0.2, -0.15) is 0 Å². The second-order valence-electron chi connectivity index (χ2n) is 6.86. The Kier molecular flexibility index (Phi) is 10.3. The van der Waals surface area contributed by atoms with E-state index in [9.17, 15) is 19.8 Å². The van der Waals surface area contributed by atoms with Crippen molar-refractivity contribution in [3.8, 4) is 0 Å². The van der Waals surface area contributed by atoms with Gasteiger partial charge in [-0.25, -0.2) is 0 Å². The molecule has 3 unspecified atom stereocenters. The zero-order valence-corrected chi connectivity index (χ0v) is 15.1. The minimum atomic E-state index is -0.801. The molecule has 0 heterocycles. The largest absolute Gasteiger partial charge is 0.481 e. The predicted molar refractivity (Wildman–Crippen MR) is 97.1 cm³/mol. The summed E-state index contributed by atoms with van der Waals surface area (Å²) in [6, 6.07) is 0. The molecule has 0 amide bonds. The molecule has 0 aliphatic heterocycles. The first-order chi connectivity index (χ1) is 12.0. The Labute approximate surface area is 150 Å². The van der Waals surface area contributed by atoms with Gasteiger partial charge >= 0.3 is 5.97 Å². The van der Waals surface area contributed by atoms with Gasteiger partial charge in [0.2, 0.25) is 0 Å². The molecule has 5 heteroatoms. The van der Waals surface area contributed by atoms with Crippen LogP contribution in [0.2, 0.25) is 0 Å². The molecule has 3 N–H and O–H groups in total. The molecule has 0 saturated heterocycles. The molecule has 25 heavy (non-hydrogen) atoms. The monoisotopic (exact) mass is 352 g/mol. The summed E-state index contributed by atoms with van der Waals surface area (Å²) >= 11 is 0. The Morgan fingerprint density at radius 1 is 1.28 bits per heavy atom. The number of aliphatic carboxylic acids is 1. The third-order valence-corrected chi connectivity index (χ3v) is 4.71. The van der Waals surface area contributed by atoms with Gasteiger partial charge in [0.25, 0.3) is 0 Å². The fourth-order valence-corrected chi connectivity index (χ4v) is 3.22. The first kappa shape index (κ1) is 21.6. The second kappa shape index (κ2) is 12.0. The summed E-state index contributed by atoms with van der Waals surface area (Å²) in [5.41, 5.74) is 0. The van der Waals surface area contributed by atoms with Crippen molar-refractivity contribution in [2.75, 3.05) is 0 Å². The van der Waals surface area contributed by atoms with E-state index in [0.29, 0.717) is 25.7 Å². The van der Waals surface area contributed by atoms with Crippen LogP contribution in [0, 0.1) is 11.8 Å². The Hall–Kier alpha value is -1.46. The number of aliphatic hydroxyl groups excluding tert-OH is 2. The molecule has 0 bridgehead atoms. The van der Waals surface area contributed by atoms with Crippen molar-refractivity contribution >= 4 is 11.8 Å². The summed E-state index contributed by atoms with van der Waals surface area (Å²) in [5.74, 6) is -1.26. The van der Waals surface area contributed by atoms with E-state index in [0.717, 1.165) is 19.3 Å². The number of aliphatic hydroxyl groups is 2. The van der Waals surface area contributed by atoms with Gasteiger partial charge in [0.15, 0.2) is 0 Å². The third-order valence-electron chi connectivity index (χ3n) is 4.71. The number of unbranched alkanes of at least 4 members (excludes halogenated alkanes) is 3. The number of rotatable bonds is 12. The van der Waals surface area contributed by atoms with E-state index >= 15 is 0 Å². The summed E-state index contributed by atoms with van der Waals surface area (Å²) in [4.78, 5) is 22.5. The van der Waals surface area contributed by atoms with Gasteiger partial charge < -0.3 is 15.3 Å². The van der Waals surface area contributed by atoms with Crippen LogP contribution in [0.25, 0.3) is 0 Å². The first-order valence-corrected chi connectivity index (χ1v) is 9.39. The lowest BCUT2D eigenvalue weighted by Crippen LogP contribution is -2.18. The van der Waals surface area contributed by atoms with E-state index in [2.05, 4.69) is 6.92 Å². The molecular formula is C20H32O5. The molecule has 0 spiro atoms. The smallest absolute Gasteiger partial charge is 0.303 e. The van der Waals surface area contributed by atoms with E-state index < -0.39 is 18.2 Å². The van der Waals surface area contributed by atoms with Crippen LogP contribution in [0.4, 0.5) is 0 Å². The lowest BCUT2D eigenvalue weighted by atomic mass is 9.90. The number of ketones is 1. The summed E-state index contributed by atoms with van der Waals surface area (Å²) in [6.07, 6.45) is 12.1. The van der Waals surface area contributed by atoms with E-state index in [1.807, 2.05) is 12.2 Å². The van der Waals surface area contributed by atoms with Crippen LogP contribution in [0.1, 0.15) is 64.7 Å². The maximum Gasteiger partial charge on any atom is 0.303 e. The van der Waals surface area contributed by atoms with E-state index in [1.54, 1.807) is 12.2 Å². The van der Waals surface area contributed by atoms with Crippen LogP contribution in [0.3, 0.4) is 0 Å². The molecule has 0 aromatic rings. The molecular weight excluding hydrogens is 320 g/mol. The van der Waals surface area contributed by atoms with Gasteiger partial charge in [0.05, 0.1) is 12.2 Å². The lowest BCUT2D eigenvalue weighted by molar-refractivity contribution is -0.137.